The molecule has 0 aromatic heterocycles. The fraction of sp³-hybridized carbons (Fsp3) is 0.588. The van der Waals surface area contributed by atoms with Crippen LogP contribution in [0, 0.1) is 0 Å². The van der Waals surface area contributed by atoms with E-state index in [0.29, 0.717) is 13.2 Å². The van der Waals surface area contributed by atoms with Gasteiger partial charge in [0.15, 0.2) is 5.96 Å². The predicted octanol–water partition coefficient (Wildman–Crippen LogP) is 2.09. The minimum Gasteiger partial charge on any atom is -0.492 e. The fourth-order valence-electron chi connectivity index (χ4n) is 1.86. The summed E-state index contributed by atoms with van der Waals surface area (Å²) < 4.78 is 5.87. The molecule has 0 aliphatic heterocycles. The van der Waals surface area contributed by atoms with Crippen LogP contribution in [0.2, 0.25) is 0 Å². The highest BCUT2D eigenvalue weighted by molar-refractivity contribution is 5.79. The monoisotopic (exact) mass is 306 g/mol. The summed E-state index contributed by atoms with van der Waals surface area (Å²) in [6.07, 6.45) is 1.08. The first-order valence-corrected chi connectivity index (χ1v) is 8.05. The SMILES string of the molecule is CCCNC(=NCc1ccccc1OCCN(C)C)NCC. The summed E-state index contributed by atoms with van der Waals surface area (Å²) in [5.74, 6) is 1.77. The molecule has 124 valence electrons. The molecule has 0 amide bonds. The van der Waals surface area contributed by atoms with Crippen LogP contribution in [0.5, 0.6) is 5.75 Å². The number of nitrogens with zero attached hydrogens (tertiary/aromatic N) is 2. The third-order valence-electron chi connectivity index (χ3n) is 3.06. The molecule has 0 radical (unpaired) electrons. The van der Waals surface area contributed by atoms with Crippen LogP contribution >= 0.6 is 0 Å². The van der Waals surface area contributed by atoms with E-state index in [1.165, 1.54) is 0 Å². The van der Waals surface area contributed by atoms with Gasteiger partial charge in [0.2, 0.25) is 0 Å². The standard InChI is InChI=1S/C17H30N4O/c1-5-11-19-17(18-6-2)20-14-15-9-7-8-10-16(15)22-13-12-21(3)4/h7-10H,5-6,11-14H2,1-4H3,(H2,18,19,20). The molecule has 0 fully saturated rings. The second-order valence-electron chi connectivity index (χ2n) is 5.38. The van der Waals surface area contributed by atoms with Gasteiger partial charge in [-0.2, -0.15) is 0 Å². The lowest BCUT2D eigenvalue weighted by molar-refractivity contribution is 0.259. The van der Waals surface area contributed by atoms with Gasteiger partial charge in [0, 0.05) is 25.2 Å². The minimum absolute atomic E-state index is 0.608. The Hall–Kier alpha value is -1.75. The smallest absolute Gasteiger partial charge is 0.191 e. The zero-order valence-electron chi connectivity index (χ0n) is 14.4. The van der Waals surface area contributed by atoms with Crippen LogP contribution < -0.4 is 15.4 Å². The normalized spacial score (nSPS) is 11.6. The average Bonchev–Trinajstić information content (AvgIpc) is 2.51. The van der Waals surface area contributed by atoms with Gasteiger partial charge in [0.1, 0.15) is 12.4 Å². The molecule has 0 saturated carbocycles. The second-order valence-corrected chi connectivity index (χ2v) is 5.38. The Morgan fingerprint density at radius 3 is 2.64 bits per heavy atom. The molecule has 22 heavy (non-hydrogen) atoms. The van der Waals surface area contributed by atoms with Gasteiger partial charge in [0.25, 0.3) is 0 Å². The van der Waals surface area contributed by atoms with Crippen molar-refractivity contribution >= 4 is 5.96 Å². The van der Waals surface area contributed by atoms with Crippen molar-refractivity contribution in [3.63, 3.8) is 0 Å². The largest absolute Gasteiger partial charge is 0.492 e. The molecule has 0 unspecified atom stereocenters. The molecule has 0 aliphatic carbocycles. The van der Waals surface area contributed by atoms with Crippen LogP contribution in [0.4, 0.5) is 0 Å². The summed E-state index contributed by atoms with van der Waals surface area (Å²) in [5.41, 5.74) is 1.11. The lowest BCUT2D eigenvalue weighted by Crippen LogP contribution is -2.37. The van der Waals surface area contributed by atoms with Crippen molar-refractivity contribution in [3.8, 4) is 5.75 Å². The van der Waals surface area contributed by atoms with Gasteiger partial charge < -0.3 is 20.3 Å². The molecule has 0 heterocycles. The zero-order valence-corrected chi connectivity index (χ0v) is 14.4. The number of aliphatic imine (C=N–C) groups is 1. The summed E-state index contributed by atoms with van der Waals surface area (Å²) in [6.45, 7) is 8.19. The average molecular weight is 306 g/mol. The molecule has 1 aromatic rings. The van der Waals surface area contributed by atoms with E-state index in [9.17, 15) is 0 Å². The van der Waals surface area contributed by atoms with E-state index in [4.69, 9.17) is 4.74 Å². The van der Waals surface area contributed by atoms with Gasteiger partial charge in [-0.05, 0) is 33.5 Å². The Morgan fingerprint density at radius 2 is 1.95 bits per heavy atom. The fourth-order valence-corrected chi connectivity index (χ4v) is 1.86. The molecular weight excluding hydrogens is 276 g/mol. The number of benzene rings is 1. The number of guanidine groups is 1. The van der Waals surface area contributed by atoms with Crippen LogP contribution in [0.1, 0.15) is 25.8 Å². The number of nitrogens with one attached hydrogen (secondary N) is 2. The van der Waals surface area contributed by atoms with Gasteiger partial charge in [-0.25, -0.2) is 4.99 Å². The van der Waals surface area contributed by atoms with Crippen molar-refractivity contribution in [2.45, 2.75) is 26.8 Å². The summed E-state index contributed by atoms with van der Waals surface area (Å²) in [6, 6.07) is 8.10. The van der Waals surface area contributed by atoms with Gasteiger partial charge in [-0.1, -0.05) is 25.1 Å². The maximum atomic E-state index is 5.87. The Balaban J connectivity index is 2.66. The number of ether oxygens (including phenoxy) is 1. The van der Waals surface area contributed by atoms with Gasteiger partial charge in [0.05, 0.1) is 6.54 Å². The van der Waals surface area contributed by atoms with Crippen LogP contribution in [-0.4, -0.2) is 51.2 Å². The van der Waals surface area contributed by atoms with Crippen molar-refractivity contribution in [1.82, 2.24) is 15.5 Å². The summed E-state index contributed by atoms with van der Waals surface area (Å²) in [7, 11) is 4.09. The molecule has 1 aromatic carbocycles. The first-order valence-electron chi connectivity index (χ1n) is 8.05. The van der Waals surface area contributed by atoms with E-state index >= 15 is 0 Å². The molecule has 0 atom stereocenters. The van der Waals surface area contributed by atoms with Crippen molar-refractivity contribution in [2.75, 3.05) is 40.3 Å². The van der Waals surface area contributed by atoms with E-state index in [0.717, 1.165) is 43.3 Å². The maximum Gasteiger partial charge on any atom is 0.191 e. The van der Waals surface area contributed by atoms with Crippen LogP contribution in [0.3, 0.4) is 0 Å². The van der Waals surface area contributed by atoms with Crippen molar-refractivity contribution in [3.05, 3.63) is 29.8 Å². The molecule has 5 nitrogen and oxygen atoms in total. The van der Waals surface area contributed by atoms with E-state index < -0.39 is 0 Å². The Morgan fingerprint density at radius 1 is 1.18 bits per heavy atom. The second kappa shape index (κ2) is 10.9. The number of hydrogen-bond acceptors (Lipinski definition) is 3. The molecule has 0 aliphatic rings. The molecule has 0 spiro atoms. The topological polar surface area (TPSA) is 48.9 Å². The Kier molecular flexibility index (Phi) is 9.07. The highest BCUT2D eigenvalue weighted by Gasteiger charge is 2.03. The van der Waals surface area contributed by atoms with E-state index in [1.807, 2.05) is 32.3 Å². The van der Waals surface area contributed by atoms with Crippen molar-refractivity contribution in [2.24, 2.45) is 4.99 Å². The van der Waals surface area contributed by atoms with Crippen LogP contribution in [-0.2, 0) is 6.54 Å². The molecule has 1 rings (SSSR count). The maximum absolute atomic E-state index is 5.87. The van der Waals surface area contributed by atoms with E-state index in [1.54, 1.807) is 0 Å². The first kappa shape index (κ1) is 18.3. The van der Waals surface area contributed by atoms with Crippen molar-refractivity contribution in [1.29, 1.82) is 0 Å². The third-order valence-corrected chi connectivity index (χ3v) is 3.06. The Bertz CT molecular complexity index is 446. The van der Waals surface area contributed by atoms with E-state index in [2.05, 4.69) is 40.4 Å². The number of hydrogen-bond donors (Lipinski definition) is 2. The quantitative estimate of drug-likeness (QED) is 0.542. The molecule has 2 N–H and O–H groups in total. The highest BCUT2D eigenvalue weighted by atomic mass is 16.5. The lowest BCUT2D eigenvalue weighted by Gasteiger charge is -2.14. The van der Waals surface area contributed by atoms with Crippen LogP contribution in [0.15, 0.2) is 29.3 Å². The van der Waals surface area contributed by atoms with Crippen LogP contribution in [0.25, 0.3) is 0 Å². The van der Waals surface area contributed by atoms with Gasteiger partial charge >= 0.3 is 0 Å². The molecule has 0 bridgehead atoms. The summed E-state index contributed by atoms with van der Waals surface area (Å²) in [5, 5.41) is 6.57. The Labute approximate surface area is 134 Å². The molecule has 0 saturated heterocycles. The first-order chi connectivity index (χ1) is 10.7. The molecule has 5 heteroatoms. The predicted molar refractivity (Wildman–Crippen MR) is 93.6 cm³/mol. The zero-order chi connectivity index (χ0) is 16.2. The van der Waals surface area contributed by atoms with Gasteiger partial charge in [-0.15, -0.1) is 0 Å². The lowest BCUT2D eigenvalue weighted by atomic mass is 10.2. The number of likely N-dealkylation sites (N-methyl/N-ethyl adjacent to an activating group) is 1. The van der Waals surface area contributed by atoms with Gasteiger partial charge in [-0.3, -0.25) is 0 Å². The third kappa shape index (κ3) is 7.31. The number of para-hydroxylation sites is 1. The van der Waals surface area contributed by atoms with Crippen molar-refractivity contribution < 1.29 is 4.74 Å². The van der Waals surface area contributed by atoms with E-state index in [-0.39, 0.29) is 0 Å². The minimum atomic E-state index is 0.608. The summed E-state index contributed by atoms with van der Waals surface area (Å²) in [4.78, 5) is 6.74. The summed E-state index contributed by atoms with van der Waals surface area (Å²) >= 11 is 0. The highest BCUT2D eigenvalue weighted by Crippen LogP contribution is 2.18. The molecular formula is C17H30N4O. The number of rotatable bonds is 9.